The number of nitrogens with one attached hydrogen (secondary N) is 2. The first kappa shape index (κ1) is 29.9. The van der Waals surface area contributed by atoms with Crippen molar-refractivity contribution in [2.45, 2.75) is 37.8 Å². The minimum atomic E-state index is -4.99. The van der Waals surface area contributed by atoms with Crippen LogP contribution in [-0.4, -0.2) is 33.5 Å². The van der Waals surface area contributed by atoms with E-state index < -0.39 is 58.5 Å². The molecule has 1 atom stereocenters. The number of aromatic carboxylic acids is 1. The second-order valence-corrected chi connectivity index (χ2v) is 9.81. The molecule has 0 aliphatic carbocycles. The number of carbonyl (C=O) groups excluding carboxylic acids is 2. The van der Waals surface area contributed by atoms with Crippen molar-refractivity contribution in [3.8, 4) is 6.07 Å². The summed E-state index contributed by atoms with van der Waals surface area (Å²) >= 11 is 0. The van der Waals surface area contributed by atoms with E-state index >= 15 is 0 Å². The lowest BCUT2D eigenvalue weighted by Gasteiger charge is -2.37. The van der Waals surface area contributed by atoms with Crippen molar-refractivity contribution in [2.75, 3.05) is 5.32 Å². The first-order chi connectivity index (χ1) is 19.4. The van der Waals surface area contributed by atoms with Gasteiger partial charge in [0.05, 0.1) is 34.4 Å². The molecule has 3 aromatic rings. The van der Waals surface area contributed by atoms with Crippen LogP contribution in [0.2, 0.25) is 0 Å². The lowest BCUT2D eigenvalue weighted by atomic mass is 9.89. The molecule has 14 heteroatoms. The van der Waals surface area contributed by atoms with Crippen molar-refractivity contribution in [1.29, 1.82) is 5.26 Å². The van der Waals surface area contributed by atoms with Crippen molar-refractivity contribution < 1.29 is 45.8 Å². The molecule has 0 saturated carbocycles. The van der Waals surface area contributed by atoms with E-state index in [2.05, 4.69) is 10.6 Å². The van der Waals surface area contributed by atoms with E-state index in [9.17, 15) is 51.1 Å². The van der Waals surface area contributed by atoms with Crippen molar-refractivity contribution in [3.05, 3.63) is 94.0 Å². The first-order valence-corrected chi connectivity index (χ1v) is 12.0. The Morgan fingerprint density at radius 1 is 0.976 bits per heavy atom. The molecule has 1 saturated heterocycles. The highest BCUT2D eigenvalue weighted by Crippen LogP contribution is 2.43. The van der Waals surface area contributed by atoms with Gasteiger partial charge in [0.15, 0.2) is 0 Å². The number of hydrogen-bond donors (Lipinski definition) is 3. The smallest absolute Gasteiger partial charge is 0.417 e. The summed E-state index contributed by atoms with van der Waals surface area (Å²) in [5, 5.41) is 23.9. The van der Waals surface area contributed by atoms with Crippen LogP contribution in [0.15, 0.2) is 60.7 Å². The van der Waals surface area contributed by atoms with Crippen LogP contribution >= 0.6 is 0 Å². The number of alkyl halides is 6. The second-order valence-electron chi connectivity index (χ2n) is 9.81. The average Bonchev–Trinajstić information content (AvgIpc) is 3.10. The molecular weight excluding hydrogens is 570 g/mol. The Hall–Kier alpha value is -5.06. The highest BCUT2D eigenvalue weighted by atomic mass is 19.4. The van der Waals surface area contributed by atoms with E-state index in [1.165, 1.54) is 26.0 Å². The number of anilines is 2. The number of urea groups is 1. The number of imide groups is 1. The lowest BCUT2D eigenvalue weighted by Crippen LogP contribution is -2.46. The normalized spacial score (nSPS) is 15.6. The second kappa shape index (κ2) is 10.4. The molecule has 1 fully saturated rings. The molecule has 1 heterocycles. The number of carboxylic acid groups (broad SMARTS) is 1. The molecule has 8 nitrogen and oxygen atoms in total. The summed E-state index contributed by atoms with van der Waals surface area (Å²) in [5.74, 6) is -2.21. The van der Waals surface area contributed by atoms with Gasteiger partial charge in [-0.25, -0.2) is 9.59 Å². The van der Waals surface area contributed by atoms with Crippen LogP contribution in [0.3, 0.4) is 0 Å². The summed E-state index contributed by atoms with van der Waals surface area (Å²) in [5.41, 5.74) is -5.17. The van der Waals surface area contributed by atoms with Crippen LogP contribution in [0.1, 0.15) is 58.1 Å². The third-order valence-electron chi connectivity index (χ3n) is 6.72. The molecule has 3 amide bonds. The molecule has 3 N–H and O–H groups in total. The van der Waals surface area contributed by atoms with Crippen molar-refractivity contribution in [3.63, 3.8) is 0 Å². The number of nitrogens with zero attached hydrogens (tertiary/aromatic N) is 2. The predicted molar refractivity (Wildman–Crippen MR) is 136 cm³/mol. The van der Waals surface area contributed by atoms with Gasteiger partial charge in [0.2, 0.25) is 0 Å². The Kier molecular flexibility index (Phi) is 7.41. The Morgan fingerprint density at radius 3 is 2.12 bits per heavy atom. The van der Waals surface area contributed by atoms with Gasteiger partial charge >= 0.3 is 24.4 Å². The number of rotatable bonds is 6. The van der Waals surface area contributed by atoms with E-state index in [1.54, 1.807) is 0 Å². The molecule has 0 aromatic heterocycles. The fourth-order valence-electron chi connectivity index (χ4n) is 4.58. The Labute approximate surface area is 234 Å². The first-order valence-electron chi connectivity index (χ1n) is 12.0. The van der Waals surface area contributed by atoms with E-state index in [0.29, 0.717) is 6.07 Å². The van der Waals surface area contributed by atoms with Gasteiger partial charge in [-0.05, 0) is 74.0 Å². The SMILES string of the molecule is CC1(C)C(=O)NC(=O)N1C(c1ccc(C#N)c(C(F)(F)F)c1)c1cc(C(=O)O)ccc1Nc1ccc(C(F)(F)F)cc1. The van der Waals surface area contributed by atoms with Crippen LogP contribution < -0.4 is 10.6 Å². The standard InChI is InChI=1S/C28H20F6N4O4/c1-26(2)24(41)37-25(42)38(26)22(14-3-4-16(13-35)20(12-14)28(32,33)34)19-11-15(23(39)40)5-10-21(19)36-18-8-6-17(7-9-18)27(29,30)31/h3-12,22,36H,1-2H3,(H,39,40)(H,37,41,42). The Balaban J connectivity index is 1.98. The fourth-order valence-corrected chi connectivity index (χ4v) is 4.58. The molecule has 0 bridgehead atoms. The number of halogens is 6. The Morgan fingerprint density at radius 2 is 1.62 bits per heavy atom. The van der Waals surface area contributed by atoms with Crippen LogP contribution in [0, 0.1) is 11.3 Å². The van der Waals surface area contributed by atoms with E-state index in [-0.39, 0.29) is 28.1 Å². The number of hydrogen-bond acceptors (Lipinski definition) is 5. The summed E-state index contributed by atoms with van der Waals surface area (Å²) in [7, 11) is 0. The minimum Gasteiger partial charge on any atom is -0.478 e. The maximum absolute atomic E-state index is 13.9. The van der Waals surface area contributed by atoms with Gasteiger partial charge in [-0.3, -0.25) is 15.0 Å². The molecular formula is C28H20F6N4O4. The molecule has 42 heavy (non-hydrogen) atoms. The monoisotopic (exact) mass is 590 g/mol. The van der Waals surface area contributed by atoms with Crippen LogP contribution in [0.4, 0.5) is 42.5 Å². The summed E-state index contributed by atoms with van der Waals surface area (Å²) in [6.07, 6.45) is -9.61. The van der Waals surface area contributed by atoms with Gasteiger partial charge in [0.25, 0.3) is 5.91 Å². The van der Waals surface area contributed by atoms with Crippen LogP contribution in [0.25, 0.3) is 0 Å². The largest absolute Gasteiger partial charge is 0.478 e. The number of benzene rings is 3. The molecule has 0 radical (unpaired) electrons. The molecule has 3 aromatic carbocycles. The van der Waals surface area contributed by atoms with Gasteiger partial charge in [-0.15, -0.1) is 0 Å². The van der Waals surface area contributed by atoms with E-state index in [1.807, 2.05) is 0 Å². The van der Waals surface area contributed by atoms with Gasteiger partial charge in [-0.1, -0.05) is 6.07 Å². The summed E-state index contributed by atoms with van der Waals surface area (Å²) in [4.78, 5) is 38.6. The van der Waals surface area contributed by atoms with Crippen molar-refractivity contribution in [1.82, 2.24) is 10.2 Å². The summed E-state index contributed by atoms with van der Waals surface area (Å²) in [6, 6.07) is 8.80. The summed E-state index contributed by atoms with van der Waals surface area (Å²) in [6.45, 7) is 2.66. The quantitative estimate of drug-likeness (QED) is 0.224. The van der Waals surface area contributed by atoms with Gasteiger partial charge in [0, 0.05) is 16.9 Å². The zero-order chi connectivity index (χ0) is 31.2. The number of carboxylic acids is 1. The van der Waals surface area contributed by atoms with Crippen molar-refractivity contribution in [2.24, 2.45) is 0 Å². The highest BCUT2D eigenvalue weighted by molar-refractivity contribution is 6.07. The molecule has 218 valence electrons. The van der Waals surface area contributed by atoms with Crippen LogP contribution in [0.5, 0.6) is 0 Å². The Bertz CT molecular complexity index is 1630. The molecule has 1 unspecified atom stereocenters. The third-order valence-corrected chi connectivity index (χ3v) is 6.72. The van der Waals surface area contributed by atoms with E-state index in [0.717, 1.165) is 53.4 Å². The van der Waals surface area contributed by atoms with Gasteiger partial charge in [-0.2, -0.15) is 31.6 Å². The molecule has 0 spiro atoms. The molecule has 1 aliphatic rings. The zero-order valence-electron chi connectivity index (χ0n) is 21.7. The topological polar surface area (TPSA) is 123 Å². The van der Waals surface area contributed by atoms with Crippen molar-refractivity contribution >= 4 is 29.3 Å². The number of nitriles is 1. The third kappa shape index (κ3) is 5.58. The number of amides is 3. The summed E-state index contributed by atoms with van der Waals surface area (Å²) < 4.78 is 81.0. The van der Waals surface area contributed by atoms with Gasteiger partial charge in [0.1, 0.15) is 5.54 Å². The average molecular weight is 590 g/mol. The van der Waals surface area contributed by atoms with Crippen LogP contribution in [-0.2, 0) is 17.1 Å². The number of carbonyl (C=O) groups is 3. The zero-order valence-corrected chi connectivity index (χ0v) is 21.7. The fraction of sp³-hybridized carbons (Fsp3) is 0.214. The van der Waals surface area contributed by atoms with Gasteiger partial charge < -0.3 is 10.4 Å². The lowest BCUT2D eigenvalue weighted by molar-refractivity contribution is -0.138. The molecule has 1 aliphatic heterocycles. The minimum absolute atomic E-state index is 0.0191. The molecule has 4 rings (SSSR count). The highest BCUT2D eigenvalue weighted by Gasteiger charge is 2.50. The van der Waals surface area contributed by atoms with E-state index in [4.69, 9.17) is 0 Å². The predicted octanol–water partition coefficient (Wildman–Crippen LogP) is 6.46. The maximum Gasteiger partial charge on any atom is 0.417 e. The maximum atomic E-state index is 13.9.